The van der Waals surface area contributed by atoms with Gasteiger partial charge in [-0.25, -0.2) is 0 Å². The molecular weight excluding hydrogens is 346 g/mol. The van der Waals surface area contributed by atoms with Crippen LogP contribution in [0.25, 0.3) is 0 Å². The lowest BCUT2D eigenvalue weighted by molar-refractivity contribution is -0.156. The summed E-state index contributed by atoms with van der Waals surface area (Å²) in [7, 11) is 0. The van der Waals surface area contributed by atoms with E-state index >= 15 is 0 Å². The van der Waals surface area contributed by atoms with Gasteiger partial charge in [0.15, 0.2) is 6.10 Å². The van der Waals surface area contributed by atoms with E-state index in [1.54, 1.807) is 18.7 Å². The Hall–Kier alpha value is -2.70. The first kappa shape index (κ1) is 19.1. The van der Waals surface area contributed by atoms with E-state index in [0.29, 0.717) is 31.0 Å². The van der Waals surface area contributed by atoms with E-state index in [2.05, 4.69) is 10.2 Å². The molecule has 0 spiro atoms. The van der Waals surface area contributed by atoms with Crippen molar-refractivity contribution in [3.8, 4) is 0 Å². The number of hydrogen-bond donors (Lipinski definition) is 0. The first-order valence-electron chi connectivity index (χ1n) is 9.21. The highest BCUT2D eigenvalue weighted by atomic mass is 16.6. The van der Waals surface area contributed by atoms with Gasteiger partial charge in [-0.3, -0.25) is 9.59 Å². The predicted molar refractivity (Wildman–Crippen MR) is 98.1 cm³/mol. The van der Waals surface area contributed by atoms with Crippen LogP contribution in [-0.2, 0) is 9.53 Å². The number of likely N-dealkylation sites (tertiary alicyclic amines) is 1. The molecular formula is C20H25N3O4. The van der Waals surface area contributed by atoms with Crippen LogP contribution in [0.5, 0.6) is 0 Å². The van der Waals surface area contributed by atoms with Gasteiger partial charge in [0.1, 0.15) is 0 Å². The lowest BCUT2D eigenvalue weighted by atomic mass is 9.97. The Balaban J connectivity index is 1.64. The van der Waals surface area contributed by atoms with Crippen LogP contribution in [0, 0.1) is 26.7 Å². The molecule has 0 radical (unpaired) electrons. The molecule has 27 heavy (non-hydrogen) atoms. The first-order valence-corrected chi connectivity index (χ1v) is 9.21. The van der Waals surface area contributed by atoms with Crippen LogP contribution >= 0.6 is 0 Å². The zero-order valence-corrected chi connectivity index (χ0v) is 16.2. The minimum absolute atomic E-state index is 0.0418. The molecule has 2 atom stereocenters. The molecule has 7 nitrogen and oxygen atoms in total. The van der Waals surface area contributed by atoms with Crippen molar-refractivity contribution in [1.29, 1.82) is 0 Å². The second-order valence-electron chi connectivity index (χ2n) is 7.21. The minimum Gasteiger partial charge on any atom is -0.452 e. The van der Waals surface area contributed by atoms with Crippen LogP contribution in [-0.4, -0.2) is 40.1 Å². The SMILES string of the molecule is Cc1cc(C)cc(C(=O)N2CCC[C@H](C(=O)O[C@@H](C)c3nnc(C)o3)C2)c1. The molecule has 1 aliphatic heterocycles. The third kappa shape index (κ3) is 4.53. The third-order valence-electron chi connectivity index (χ3n) is 4.69. The van der Waals surface area contributed by atoms with E-state index < -0.39 is 6.10 Å². The maximum atomic E-state index is 12.9. The molecule has 0 bridgehead atoms. The second-order valence-corrected chi connectivity index (χ2v) is 7.21. The quantitative estimate of drug-likeness (QED) is 0.768. The fraction of sp³-hybridized carbons (Fsp3) is 0.500. The zero-order chi connectivity index (χ0) is 19.6. The average molecular weight is 371 g/mol. The molecule has 0 unspecified atom stereocenters. The summed E-state index contributed by atoms with van der Waals surface area (Å²) in [5.41, 5.74) is 2.77. The standard InChI is InChI=1S/C20H25N3O4/c1-12-8-13(2)10-17(9-12)19(24)23-7-5-6-16(11-23)20(25)26-14(3)18-22-21-15(4)27-18/h8-10,14,16H,5-7,11H2,1-4H3/t14-,16-/m0/s1. The van der Waals surface area contributed by atoms with Gasteiger partial charge in [0.25, 0.3) is 11.8 Å². The van der Waals surface area contributed by atoms with Crippen molar-refractivity contribution in [2.45, 2.75) is 46.6 Å². The predicted octanol–water partition coefficient (Wildman–Crippen LogP) is 3.15. The van der Waals surface area contributed by atoms with Gasteiger partial charge in [0.2, 0.25) is 5.89 Å². The Labute approximate surface area is 158 Å². The van der Waals surface area contributed by atoms with Crippen LogP contribution in [0.1, 0.15) is 59.1 Å². The molecule has 2 heterocycles. The van der Waals surface area contributed by atoms with E-state index in [9.17, 15) is 9.59 Å². The number of rotatable bonds is 4. The molecule has 1 aromatic heterocycles. The second kappa shape index (κ2) is 7.90. The monoisotopic (exact) mass is 371 g/mol. The van der Waals surface area contributed by atoms with E-state index in [4.69, 9.17) is 9.15 Å². The molecule has 0 N–H and O–H groups in total. The molecule has 1 aromatic carbocycles. The average Bonchev–Trinajstić information content (AvgIpc) is 3.07. The van der Waals surface area contributed by atoms with Crippen LogP contribution in [0.2, 0.25) is 0 Å². The van der Waals surface area contributed by atoms with Gasteiger partial charge >= 0.3 is 5.97 Å². The highest BCUT2D eigenvalue weighted by Gasteiger charge is 2.31. The van der Waals surface area contributed by atoms with E-state index in [1.807, 2.05) is 32.0 Å². The Morgan fingerprint density at radius 1 is 1.19 bits per heavy atom. The Morgan fingerprint density at radius 3 is 2.52 bits per heavy atom. The number of amides is 1. The summed E-state index contributed by atoms with van der Waals surface area (Å²) in [6, 6.07) is 5.81. The Morgan fingerprint density at radius 2 is 1.89 bits per heavy atom. The topological polar surface area (TPSA) is 85.5 Å². The summed E-state index contributed by atoms with van der Waals surface area (Å²) in [5.74, 6) is -0.0214. The number of hydrogen-bond acceptors (Lipinski definition) is 6. The Kier molecular flexibility index (Phi) is 5.58. The summed E-state index contributed by atoms with van der Waals surface area (Å²) < 4.78 is 10.8. The van der Waals surface area contributed by atoms with E-state index in [1.165, 1.54) is 0 Å². The maximum Gasteiger partial charge on any atom is 0.311 e. The van der Waals surface area contributed by atoms with Gasteiger partial charge in [0.05, 0.1) is 5.92 Å². The molecule has 7 heteroatoms. The van der Waals surface area contributed by atoms with Gasteiger partial charge in [-0.15, -0.1) is 10.2 Å². The number of aromatic nitrogens is 2. The van der Waals surface area contributed by atoms with Crippen LogP contribution in [0.4, 0.5) is 0 Å². The summed E-state index contributed by atoms with van der Waals surface area (Å²) >= 11 is 0. The van der Waals surface area contributed by atoms with Crippen molar-refractivity contribution in [3.63, 3.8) is 0 Å². The molecule has 1 amide bonds. The normalized spacial score (nSPS) is 18.2. The minimum atomic E-state index is -0.607. The zero-order valence-electron chi connectivity index (χ0n) is 16.2. The molecule has 2 aromatic rings. The molecule has 1 aliphatic rings. The van der Waals surface area contributed by atoms with Crippen molar-refractivity contribution in [2.75, 3.05) is 13.1 Å². The third-order valence-corrected chi connectivity index (χ3v) is 4.69. The molecule has 144 valence electrons. The van der Waals surface area contributed by atoms with E-state index in [-0.39, 0.29) is 23.7 Å². The van der Waals surface area contributed by atoms with Crippen LogP contribution in [0.3, 0.4) is 0 Å². The van der Waals surface area contributed by atoms with Crippen molar-refractivity contribution in [1.82, 2.24) is 15.1 Å². The summed E-state index contributed by atoms with van der Waals surface area (Å²) in [4.78, 5) is 27.2. The van der Waals surface area contributed by atoms with Crippen molar-refractivity contribution >= 4 is 11.9 Å². The number of carbonyl (C=O) groups is 2. The molecule has 1 fully saturated rings. The van der Waals surface area contributed by atoms with Crippen molar-refractivity contribution < 1.29 is 18.7 Å². The van der Waals surface area contributed by atoms with Crippen LogP contribution < -0.4 is 0 Å². The fourth-order valence-corrected chi connectivity index (χ4v) is 3.43. The van der Waals surface area contributed by atoms with Gasteiger partial charge in [0, 0.05) is 25.6 Å². The van der Waals surface area contributed by atoms with Crippen LogP contribution in [0.15, 0.2) is 22.6 Å². The van der Waals surface area contributed by atoms with E-state index in [0.717, 1.165) is 17.5 Å². The lowest BCUT2D eigenvalue weighted by Gasteiger charge is -2.32. The molecule has 0 aliphatic carbocycles. The van der Waals surface area contributed by atoms with Gasteiger partial charge in [-0.1, -0.05) is 17.2 Å². The highest BCUT2D eigenvalue weighted by Crippen LogP contribution is 2.24. The largest absolute Gasteiger partial charge is 0.452 e. The number of esters is 1. The number of ether oxygens (including phenoxy) is 1. The van der Waals surface area contributed by atoms with Gasteiger partial charge in [-0.2, -0.15) is 0 Å². The fourth-order valence-electron chi connectivity index (χ4n) is 3.43. The summed E-state index contributed by atoms with van der Waals surface area (Å²) in [6.45, 7) is 8.34. The maximum absolute atomic E-state index is 12.9. The number of carbonyl (C=O) groups excluding carboxylic acids is 2. The molecule has 1 saturated heterocycles. The van der Waals surface area contributed by atoms with Crippen molar-refractivity contribution in [3.05, 3.63) is 46.7 Å². The first-order chi connectivity index (χ1) is 12.8. The molecule has 3 rings (SSSR count). The summed E-state index contributed by atoms with van der Waals surface area (Å²) in [6.07, 6.45) is 0.860. The Bertz CT molecular complexity index is 825. The van der Waals surface area contributed by atoms with Gasteiger partial charge < -0.3 is 14.1 Å². The summed E-state index contributed by atoms with van der Waals surface area (Å²) in [5, 5.41) is 7.63. The van der Waals surface area contributed by atoms with Gasteiger partial charge in [-0.05, 0) is 45.7 Å². The highest BCUT2D eigenvalue weighted by molar-refractivity contribution is 5.95. The smallest absolute Gasteiger partial charge is 0.311 e. The number of piperidine rings is 1. The van der Waals surface area contributed by atoms with Crippen molar-refractivity contribution in [2.24, 2.45) is 5.92 Å². The number of benzene rings is 1. The molecule has 0 saturated carbocycles. The lowest BCUT2D eigenvalue weighted by Crippen LogP contribution is -2.43. The number of nitrogens with zero attached hydrogens (tertiary/aromatic N) is 3. The number of aryl methyl sites for hydroxylation is 3.